The summed E-state index contributed by atoms with van der Waals surface area (Å²) in [6, 6.07) is 24.4. The lowest BCUT2D eigenvalue weighted by atomic mass is 10.1. The maximum absolute atomic E-state index is 12.6. The van der Waals surface area contributed by atoms with Crippen molar-refractivity contribution in [1.29, 1.82) is 0 Å². The molecule has 1 aromatic heterocycles. The van der Waals surface area contributed by atoms with Gasteiger partial charge in [-0.25, -0.2) is 18.1 Å². The normalized spacial score (nSPS) is 11.8. The average Bonchev–Trinajstić information content (AvgIpc) is 3.11. The monoisotopic (exact) mass is 439 g/mol. The predicted octanol–water partition coefficient (Wildman–Crippen LogP) is 4.45. The fraction of sp³-hybridized carbons (Fsp3) is 0.174. The first kappa shape index (κ1) is 20.6. The van der Waals surface area contributed by atoms with Crippen LogP contribution in [0.25, 0.3) is 11.0 Å². The van der Waals surface area contributed by atoms with E-state index in [4.69, 9.17) is 16.6 Å². The molecule has 0 unspecified atom stereocenters. The van der Waals surface area contributed by atoms with Crippen LogP contribution in [-0.2, 0) is 29.4 Å². The Morgan fingerprint density at radius 2 is 1.57 bits per heavy atom. The lowest BCUT2D eigenvalue weighted by Gasteiger charge is -2.11. The molecule has 0 fully saturated rings. The minimum Gasteiger partial charge on any atom is -0.327 e. The average molecular weight is 440 g/mol. The van der Waals surface area contributed by atoms with Crippen LogP contribution in [0.3, 0.4) is 0 Å². The van der Waals surface area contributed by atoms with E-state index in [-0.39, 0.29) is 11.4 Å². The van der Waals surface area contributed by atoms with E-state index in [9.17, 15) is 8.42 Å². The number of halogens is 1. The third-order valence-corrected chi connectivity index (χ3v) is 6.69. The van der Waals surface area contributed by atoms with E-state index in [1.54, 1.807) is 12.1 Å². The van der Waals surface area contributed by atoms with Gasteiger partial charge in [0.05, 0.1) is 15.9 Å². The number of nitrogens with one attached hydrogen (secondary N) is 1. The van der Waals surface area contributed by atoms with Gasteiger partial charge < -0.3 is 4.57 Å². The fourth-order valence-electron chi connectivity index (χ4n) is 3.46. The Kier molecular flexibility index (Phi) is 6.18. The van der Waals surface area contributed by atoms with Gasteiger partial charge in [-0.3, -0.25) is 0 Å². The molecule has 1 N–H and O–H groups in total. The van der Waals surface area contributed by atoms with Gasteiger partial charge in [0.25, 0.3) is 0 Å². The molecule has 0 saturated carbocycles. The molecule has 0 amide bonds. The second kappa shape index (κ2) is 9.00. The van der Waals surface area contributed by atoms with Crippen molar-refractivity contribution in [2.24, 2.45) is 0 Å². The topological polar surface area (TPSA) is 64.0 Å². The van der Waals surface area contributed by atoms with Gasteiger partial charge in [0.1, 0.15) is 5.82 Å². The van der Waals surface area contributed by atoms with E-state index >= 15 is 0 Å². The highest BCUT2D eigenvalue weighted by Crippen LogP contribution is 2.18. The molecule has 154 valence electrons. The molecule has 0 saturated heterocycles. The van der Waals surface area contributed by atoms with E-state index < -0.39 is 10.0 Å². The minimum absolute atomic E-state index is 0.201. The summed E-state index contributed by atoms with van der Waals surface area (Å²) in [5, 5.41) is 0.502. The number of benzene rings is 3. The van der Waals surface area contributed by atoms with Crippen LogP contribution < -0.4 is 4.72 Å². The van der Waals surface area contributed by atoms with Gasteiger partial charge in [-0.15, -0.1) is 0 Å². The lowest BCUT2D eigenvalue weighted by Crippen LogP contribution is -2.28. The van der Waals surface area contributed by atoms with Gasteiger partial charge in [0.2, 0.25) is 10.0 Å². The summed E-state index contributed by atoms with van der Waals surface area (Å²) in [6.45, 7) is 0.765. The quantitative estimate of drug-likeness (QED) is 0.441. The minimum atomic E-state index is -3.59. The zero-order valence-corrected chi connectivity index (χ0v) is 17.9. The predicted molar refractivity (Wildman–Crippen MR) is 120 cm³/mol. The molecule has 5 nitrogen and oxygen atoms in total. The van der Waals surface area contributed by atoms with Crippen LogP contribution >= 0.6 is 11.6 Å². The summed E-state index contributed by atoms with van der Waals surface area (Å²) in [5.74, 6) is 0.950. The number of sulfonamides is 1. The molecule has 1 heterocycles. The van der Waals surface area contributed by atoms with Crippen LogP contribution in [0.15, 0.2) is 83.8 Å². The first-order valence-corrected chi connectivity index (χ1v) is 11.6. The van der Waals surface area contributed by atoms with Crippen molar-refractivity contribution in [2.45, 2.75) is 24.3 Å². The Morgan fingerprint density at radius 3 is 2.33 bits per heavy atom. The molecule has 0 bridgehead atoms. The van der Waals surface area contributed by atoms with Gasteiger partial charge in [-0.2, -0.15) is 0 Å². The molecule has 3 aromatic carbocycles. The zero-order chi connectivity index (χ0) is 21.0. The Bertz CT molecular complexity index is 1240. The standard InChI is InChI=1S/C23H22ClN3O2S/c24-19-11-13-20(14-12-19)30(28,29)25-16-17-27-22-9-5-4-8-21(22)26-23(27)15-10-18-6-2-1-3-7-18/h1-9,11-14,25H,10,15-17H2. The molecule has 4 aromatic rings. The van der Waals surface area contributed by atoms with Crippen LogP contribution in [-0.4, -0.2) is 24.5 Å². The zero-order valence-electron chi connectivity index (χ0n) is 16.3. The van der Waals surface area contributed by atoms with Crippen molar-refractivity contribution < 1.29 is 8.42 Å². The second-order valence-corrected chi connectivity index (χ2v) is 9.21. The van der Waals surface area contributed by atoms with E-state index in [1.165, 1.54) is 17.7 Å². The highest BCUT2D eigenvalue weighted by atomic mass is 35.5. The van der Waals surface area contributed by atoms with Crippen molar-refractivity contribution >= 4 is 32.7 Å². The molecule has 0 aliphatic rings. The molecule has 0 radical (unpaired) electrons. The number of hydrogen-bond acceptors (Lipinski definition) is 3. The van der Waals surface area contributed by atoms with Gasteiger partial charge in [-0.05, 0) is 48.4 Å². The number of fused-ring (bicyclic) bond motifs is 1. The molecular formula is C23H22ClN3O2S. The second-order valence-electron chi connectivity index (χ2n) is 7.01. The molecule has 0 aliphatic heterocycles. The van der Waals surface area contributed by atoms with Crippen molar-refractivity contribution in [3.63, 3.8) is 0 Å². The van der Waals surface area contributed by atoms with E-state index in [1.807, 2.05) is 42.5 Å². The maximum atomic E-state index is 12.6. The number of aromatic nitrogens is 2. The number of nitrogens with zero attached hydrogens (tertiary/aromatic N) is 2. The summed E-state index contributed by atoms with van der Waals surface area (Å²) < 4.78 is 29.9. The molecule has 0 atom stereocenters. The third-order valence-electron chi connectivity index (χ3n) is 4.97. The number of para-hydroxylation sites is 2. The van der Waals surface area contributed by atoms with E-state index in [2.05, 4.69) is 21.4 Å². The van der Waals surface area contributed by atoms with Crippen LogP contribution in [0.1, 0.15) is 11.4 Å². The Balaban J connectivity index is 1.50. The van der Waals surface area contributed by atoms with Crippen LogP contribution in [0.5, 0.6) is 0 Å². The van der Waals surface area contributed by atoms with Crippen molar-refractivity contribution in [3.05, 3.63) is 95.3 Å². The lowest BCUT2D eigenvalue weighted by molar-refractivity contribution is 0.571. The first-order chi connectivity index (χ1) is 14.5. The fourth-order valence-corrected chi connectivity index (χ4v) is 4.60. The molecule has 0 spiro atoms. The Labute approximate surface area is 181 Å². The molecule has 7 heteroatoms. The number of aryl methyl sites for hydroxylation is 2. The SMILES string of the molecule is O=S(=O)(NCCn1c(CCc2ccccc2)nc2ccccc21)c1ccc(Cl)cc1. The number of rotatable bonds is 8. The molecular weight excluding hydrogens is 418 g/mol. The largest absolute Gasteiger partial charge is 0.327 e. The van der Waals surface area contributed by atoms with Crippen LogP contribution in [0.2, 0.25) is 5.02 Å². The van der Waals surface area contributed by atoms with Crippen molar-refractivity contribution in [1.82, 2.24) is 14.3 Å². The Hall–Kier alpha value is -2.67. The van der Waals surface area contributed by atoms with Crippen LogP contribution in [0, 0.1) is 0 Å². The van der Waals surface area contributed by atoms with Gasteiger partial charge >= 0.3 is 0 Å². The summed E-state index contributed by atoms with van der Waals surface area (Å²) in [4.78, 5) is 4.98. The summed E-state index contributed by atoms with van der Waals surface area (Å²) in [6.07, 6.45) is 1.66. The van der Waals surface area contributed by atoms with Crippen molar-refractivity contribution in [3.8, 4) is 0 Å². The molecule has 0 aliphatic carbocycles. The van der Waals surface area contributed by atoms with Crippen LogP contribution in [0.4, 0.5) is 0 Å². The highest BCUT2D eigenvalue weighted by Gasteiger charge is 2.15. The first-order valence-electron chi connectivity index (χ1n) is 9.76. The van der Waals surface area contributed by atoms with Gasteiger partial charge in [-0.1, -0.05) is 54.1 Å². The number of hydrogen-bond donors (Lipinski definition) is 1. The Morgan fingerprint density at radius 1 is 0.867 bits per heavy atom. The van der Waals surface area contributed by atoms with E-state index in [0.29, 0.717) is 11.6 Å². The smallest absolute Gasteiger partial charge is 0.240 e. The summed E-state index contributed by atoms with van der Waals surface area (Å²) >= 11 is 5.85. The molecule has 30 heavy (non-hydrogen) atoms. The summed E-state index contributed by atoms with van der Waals surface area (Å²) in [7, 11) is -3.59. The van der Waals surface area contributed by atoms with Gasteiger partial charge in [0.15, 0.2) is 0 Å². The third kappa shape index (κ3) is 4.73. The maximum Gasteiger partial charge on any atom is 0.240 e. The molecule has 4 rings (SSSR count). The number of imidazole rings is 1. The van der Waals surface area contributed by atoms with Crippen molar-refractivity contribution in [2.75, 3.05) is 6.54 Å². The summed E-state index contributed by atoms with van der Waals surface area (Å²) in [5.41, 5.74) is 3.17. The van der Waals surface area contributed by atoms with Gasteiger partial charge in [0, 0.05) is 24.5 Å². The van der Waals surface area contributed by atoms with E-state index in [0.717, 1.165) is 29.7 Å². The highest BCUT2D eigenvalue weighted by molar-refractivity contribution is 7.89.